The van der Waals surface area contributed by atoms with Crippen LogP contribution in [0.15, 0.2) is 65.8 Å². The monoisotopic (exact) mass is 691 g/mol. The van der Waals surface area contributed by atoms with Crippen LogP contribution in [-0.4, -0.2) is 83.7 Å². The summed E-state index contributed by atoms with van der Waals surface area (Å²) in [5.74, 6) is -1.02. The summed E-state index contributed by atoms with van der Waals surface area (Å²) in [5.41, 5.74) is 0.688. The zero-order valence-corrected chi connectivity index (χ0v) is 26.8. The maximum atomic E-state index is 14.4. The first-order valence-corrected chi connectivity index (χ1v) is 16.2. The van der Waals surface area contributed by atoms with E-state index in [9.17, 15) is 8.78 Å². The van der Waals surface area contributed by atoms with Crippen LogP contribution in [0.4, 0.5) is 14.6 Å². The van der Waals surface area contributed by atoms with Gasteiger partial charge in [-0.15, -0.1) is 5.10 Å². The van der Waals surface area contributed by atoms with Crippen molar-refractivity contribution in [2.75, 3.05) is 44.9 Å². The summed E-state index contributed by atoms with van der Waals surface area (Å²) in [7, 11) is 1.59. The first kappa shape index (κ1) is 31.7. The lowest BCUT2D eigenvalue weighted by Gasteiger charge is -2.49. The van der Waals surface area contributed by atoms with Gasteiger partial charge in [0.15, 0.2) is 6.29 Å². The van der Waals surface area contributed by atoms with E-state index in [1.54, 1.807) is 24.2 Å². The summed E-state index contributed by atoms with van der Waals surface area (Å²) in [5, 5.41) is 8.55. The third kappa shape index (κ3) is 6.35. The van der Waals surface area contributed by atoms with Gasteiger partial charge in [0.25, 0.3) is 0 Å². The Morgan fingerprint density at radius 3 is 2.52 bits per heavy atom. The molecule has 3 aliphatic heterocycles. The van der Waals surface area contributed by atoms with Crippen molar-refractivity contribution in [2.45, 2.75) is 41.0 Å². The van der Waals surface area contributed by atoms with E-state index in [2.05, 4.69) is 20.2 Å². The Labute approximate surface area is 277 Å². The van der Waals surface area contributed by atoms with Crippen molar-refractivity contribution in [1.82, 2.24) is 20.0 Å². The molecule has 46 heavy (non-hydrogen) atoms. The Kier molecular flexibility index (Phi) is 9.44. The second-order valence-corrected chi connectivity index (χ2v) is 12.9. The Morgan fingerprint density at radius 2 is 1.78 bits per heavy atom. The lowest BCUT2D eigenvalue weighted by molar-refractivity contribution is -0.308. The van der Waals surface area contributed by atoms with Crippen LogP contribution in [0, 0.1) is 11.6 Å². The smallest absolute Gasteiger partial charge is 0.184 e. The van der Waals surface area contributed by atoms with Gasteiger partial charge in [0.05, 0.1) is 35.9 Å². The zero-order valence-electron chi connectivity index (χ0n) is 24.5. The van der Waals surface area contributed by atoms with Crippen molar-refractivity contribution in [3.63, 3.8) is 0 Å². The van der Waals surface area contributed by atoms with E-state index in [1.807, 2.05) is 36.4 Å². The van der Waals surface area contributed by atoms with Crippen molar-refractivity contribution in [3.8, 4) is 11.3 Å². The van der Waals surface area contributed by atoms with Crippen LogP contribution in [0.5, 0.6) is 0 Å². The summed E-state index contributed by atoms with van der Waals surface area (Å²) >= 11 is 13.6. The van der Waals surface area contributed by atoms with Crippen LogP contribution in [0.25, 0.3) is 11.3 Å². The van der Waals surface area contributed by atoms with Crippen LogP contribution < -0.4 is 4.90 Å². The number of halogens is 4. The normalized spacial score (nSPS) is 26.6. The van der Waals surface area contributed by atoms with E-state index in [0.717, 1.165) is 28.4 Å². The predicted molar refractivity (Wildman–Crippen MR) is 167 cm³/mol. The Morgan fingerprint density at radius 1 is 1.02 bits per heavy atom. The molecule has 0 spiro atoms. The van der Waals surface area contributed by atoms with Gasteiger partial charge in [-0.1, -0.05) is 70.5 Å². The number of aromatic nitrogens is 4. The van der Waals surface area contributed by atoms with Gasteiger partial charge in [-0.3, -0.25) is 0 Å². The third-order valence-corrected chi connectivity index (χ3v) is 9.84. The number of thioether (sulfide) groups is 1. The SMILES string of the molecule is CO[C@H]1C(n2cc(-c3cc(F)c(Cl)c(F)c3)nn2)[C@H]2OC(c3ccccc3)OCC2O[C@@H]1Sc1cc(Cl)cnc1N1CCOCC1. The summed E-state index contributed by atoms with van der Waals surface area (Å²) in [6.07, 6.45) is 0.820. The topological polar surface area (TPSA) is 93.0 Å². The second kappa shape index (κ2) is 13.7. The number of anilines is 1. The molecule has 10 nitrogen and oxygen atoms in total. The van der Waals surface area contributed by atoms with E-state index in [-0.39, 0.29) is 17.9 Å². The number of fused-ring (bicyclic) bond motifs is 1. The van der Waals surface area contributed by atoms with Crippen molar-refractivity contribution >= 4 is 40.8 Å². The van der Waals surface area contributed by atoms with Gasteiger partial charge < -0.3 is 28.6 Å². The molecular formula is C31H29Cl2F2N5O5S. The number of rotatable bonds is 7. The van der Waals surface area contributed by atoms with E-state index in [0.29, 0.717) is 31.3 Å². The minimum Gasteiger partial charge on any atom is -0.378 e. The fourth-order valence-corrected chi connectivity index (χ4v) is 7.56. The molecule has 3 fully saturated rings. The number of methoxy groups -OCH3 is 1. The number of morpholine rings is 1. The molecule has 5 heterocycles. The maximum Gasteiger partial charge on any atom is 0.184 e. The fraction of sp³-hybridized carbons (Fsp3) is 0.387. The average molecular weight is 693 g/mol. The Bertz CT molecular complexity index is 1660. The van der Waals surface area contributed by atoms with Gasteiger partial charge >= 0.3 is 0 Å². The van der Waals surface area contributed by atoms with Gasteiger partial charge in [-0.2, -0.15) is 0 Å². The molecule has 242 valence electrons. The van der Waals surface area contributed by atoms with Crippen molar-refractivity contribution in [1.29, 1.82) is 0 Å². The van der Waals surface area contributed by atoms with Gasteiger partial charge in [-0.25, -0.2) is 18.4 Å². The minimum absolute atomic E-state index is 0.185. The number of nitrogens with zero attached hydrogens (tertiary/aromatic N) is 5. The summed E-state index contributed by atoms with van der Waals surface area (Å²) in [4.78, 5) is 7.61. The van der Waals surface area contributed by atoms with E-state index in [1.165, 1.54) is 11.8 Å². The highest BCUT2D eigenvalue weighted by Crippen LogP contribution is 2.46. The number of hydrogen-bond acceptors (Lipinski definition) is 10. The largest absolute Gasteiger partial charge is 0.378 e. The van der Waals surface area contributed by atoms with Gasteiger partial charge in [0, 0.05) is 37.5 Å². The van der Waals surface area contributed by atoms with Crippen LogP contribution in [0.1, 0.15) is 17.9 Å². The molecule has 0 aliphatic carbocycles. The molecule has 3 aliphatic rings. The van der Waals surface area contributed by atoms with Crippen LogP contribution in [0.3, 0.4) is 0 Å². The lowest BCUT2D eigenvalue weighted by Crippen LogP contribution is -2.59. The molecule has 0 bridgehead atoms. The van der Waals surface area contributed by atoms with Crippen LogP contribution >= 0.6 is 35.0 Å². The maximum absolute atomic E-state index is 14.4. The first-order valence-electron chi connectivity index (χ1n) is 14.6. The van der Waals surface area contributed by atoms with Gasteiger partial charge in [-0.05, 0) is 18.2 Å². The van der Waals surface area contributed by atoms with Crippen LogP contribution in [-0.2, 0) is 23.7 Å². The molecule has 7 rings (SSSR count). The Balaban J connectivity index is 1.25. The molecule has 0 N–H and O–H groups in total. The summed E-state index contributed by atoms with van der Waals surface area (Å²) in [6.45, 7) is 2.78. The highest BCUT2D eigenvalue weighted by Gasteiger charge is 2.52. The molecule has 3 unspecified atom stereocenters. The summed E-state index contributed by atoms with van der Waals surface area (Å²) in [6, 6.07) is 13.1. The lowest BCUT2D eigenvalue weighted by atomic mass is 9.95. The number of pyridine rings is 1. The molecule has 0 amide bonds. The summed E-state index contributed by atoms with van der Waals surface area (Å²) < 4.78 is 61.4. The molecule has 6 atom stereocenters. The molecule has 0 radical (unpaired) electrons. The highest BCUT2D eigenvalue weighted by molar-refractivity contribution is 8.00. The standard InChI is InChI=1S/C31H29Cl2F2N5O5S/c1-41-28-26(40-15-22(37-38-40)18-11-20(34)25(33)21(35)12-18)27-23(16-43-30(45-27)17-5-3-2-4-6-17)44-31(28)46-24-13-19(32)14-36-29(24)39-7-9-42-10-8-39/h2-6,11-15,23,26-28,30-31H,7-10,16H2,1H3/t23?,26?,27-,28-,30?,31+/m0/s1. The quantitative estimate of drug-likeness (QED) is 0.217. The van der Waals surface area contributed by atoms with E-state index >= 15 is 0 Å². The third-order valence-electron chi connectivity index (χ3n) is 8.10. The van der Waals surface area contributed by atoms with Crippen molar-refractivity contribution < 1.29 is 32.5 Å². The molecule has 15 heteroatoms. The number of ether oxygens (including phenoxy) is 5. The van der Waals surface area contributed by atoms with Gasteiger partial charge in [0.1, 0.15) is 58.0 Å². The predicted octanol–water partition coefficient (Wildman–Crippen LogP) is 5.95. The average Bonchev–Trinajstić information content (AvgIpc) is 3.57. The zero-order chi connectivity index (χ0) is 31.8. The molecule has 2 aromatic heterocycles. The molecule has 3 saturated heterocycles. The van der Waals surface area contributed by atoms with E-state index in [4.69, 9.17) is 46.9 Å². The van der Waals surface area contributed by atoms with Crippen molar-refractivity contribution in [2.24, 2.45) is 0 Å². The number of hydrogen-bond donors (Lipinski definition) is 0. The first-order chi connectivity index (χ1) is 22.4. The number of benzene rings is 2. The molecule has 0 saturated carbocycles. The molecule has 2 aromatic carbocycles. The van der Waals surface area contributed by atoms with Crippen molar-refractivity contribution in [3.05, 3.63) is 88.2 Å². The molecule has 4 aromatic rings. The van der Waals surface area contributed by atoms with E-state index < -0.39 is 52.7 Å². The van der Waals surface area contributed by atoms with Crippen LogP contribution in [0.2, 0.25) is 10.0 Å². The minimum atomic E-state index is -0.895. The highest BCUT2D eigenvalue weighted by atomic mass is 35.5. The molecular weight excluding hydrogens is 663 g/mol. The fourth-order valence-electron chi connectivity index (χ4n) is 5.89. The Hall–Kier alpha value is -2.88. The second-order valence-electron chi connectivity index (χ2n) is 10.9. The van der Waals surface area contributed by atoms with Gasteiger partial charge in [0.2, 0.25) is 0 Å².